The summed E-state index contributed by atoms with van der Waals surface area (Å²) in [5.41, 5.74) is 2.48. The first-order valence-electron chi connectivity index (χ1n) is 8.71. The molecule has 1 aromatic carbocycles. The van der Waals surface area contributed by atoms with Gasteiger partial charge >= 0.3 is 0 Å². The molecule has 0 aromatic heterocycles. The maximum absolute atomic E-state index is 10.7. The number of benzene rings is 1. The molecule has 22 heavy (non-hydrogen) atoms. The maximum Gasteiger partial charge on any atom is 0.255 e. The lowest BCUT2D eigenvalue weighted by atomic mass is 9.91. The molecule has 0 saturated heterocycles. The van der Waals surface area contributed by atoms with Gasteiger partial charge in [0.2, 0.25) is 0 Å². The van der Waals surface area contributed by atoms with Crippen molar-refractivity contribution in [2.75, 3.05) is 41.3 Å². The van der Waals surface area contributed by atoms with Gasteiger partial charge in [-0.3, -0.25) is 8.97 Å². The number of aryl methyl sites for hydroxylation is 1. The number of nitrogens with zero attached hydrogens (tertiary/aromatic N) is 2. The van der Waals surface area contributed by atoms with E-state index in [-0.39, 0.29) is 5.66 Å². The fourth-order valence-corrected chi connectivity index (χ4v) is 5.12. The predicted octanol–water partition coefficient (Wildman–Crippen LogP) is 3.46. The van der Waals surface area contributed by atoms with Crippen molar-refractivity contribution in [1.82, 2.24) is 0 Å². The average Bonchev–Trinajstić information content (AvgIpc) is 2.81. The number of rotatable bonds is 6. The van der Waals surface area contributed by atoms with E-state index in [0.717, 1.165) is 47.7 Å². The molecule has 0 aliphatic heterocycles. The van der Waals surface area contributed by atoms with Crippen LogP contribution in [0.4, 0.5) is 0 Å². The van der Waals surface area contributed by atoms with Crippen LogP contribution in [0, 0.1) is 0 Å². The molecule has 0 spiro atoms. The zero-order chi connectivity index (χ0) is 16.6. The van der Waals surface area contributed by atoms with Gasteiger partial charge in [-0.2, -0.15) is 0 Å². The van der Waals surface area contributed by atoms with E-state index in [4.69, 9.17) is 0 Å². The molecule has 1 aliphatic rings. The summed E-state index contributed by atoms with van der Waals surface area (Å²) in [7, 11) is 9.39. The second-order valence-corrected chi connectivity index (χ2v) is 7.95. The Labute approximate surface area is 136 Å². The molecule has 1 aliphatic carbocycles. The van der Waals surface area contributed by atoms with Crippen LogP contribution in [0.3, 0.4) is 0 Å². The lowest BCUT2D eigenvalue weighted by molar-refractivity contribution is -1.15. The van der Waals surface area contributed by atoms with E-state index in [1.54, 1.807) is 0 Å². The van der Waals surface area contributed by atoms with Gasteiger partial charge in [-0.25, -0.2) is 0 Å². The number of aromatic hydroxyl groups is 1. The van der Waals surface area contributed by atoms with Crippen LogP contribution in [0.5, 0.6) is 5.75 Å². The lowest BCUT2D eigenvalue weighted by Crippen LogP contribution is -2.71. The molecule has 0 radical (unpaired) electrons. The Hall–Kier alpha value is -1.06. The molecule has 124 valence electrons. The van der Waals surface area contributed by atoms with Gasteiger partial charge in [0.25, 0.3) is 5.66 Å². The molecule has 2 rings (SSSR count). The van der Waals surface area contributed by atoms with Crippen molar-refractivity contribution in [1.29, 1.82) is 0 Å². The third-order valence-electron chi connectivity index (χ3n) is 5.84. The number of hydrogen-bond acceptors (Lipinski definition) is 1. The fourth-order valence-electron chi connectivity index (χ4n) is 5.12. The number of phenolic OH excluding ortho intramolecular Hbond substituents is 1. The molecule has 0 bridgehead atoms. The Bertz CT molecular complexity index is 516. The highest BCUT2D eigenvalue weighted by molar-refractivity contribution is 5.45. The molecule has 3 heteroatoms. The standard InChI is InChI=1S/C19H33N2O/c1-7-14-20(3,4)19(21(5,6)15-8-2)13-12-16-10-9-11-17(22)18(16)19/h9-11H,7-8,12-15H2,1-6H3/q+1/p+1. The highest BCUT2D eigenvalue weighted by Crippen LogP contribution is 2.52. The number of hydrogen-bond donors (Lipinski definition) is 1. The van der Waals surface area contributed by atoms with E-state index in [1.807, 2.05) is 12.1 Å². The molecule has 0 heterocycles. The van der Waals surface area contributed by atoms with Crippen LogP contribution in [0.1, 0.15) is 44.2 Å². The van der Waals surface area contributed by atoms with Gasteiger partial charge in [0.15, 0.2) is 0 Å². The van der Waals surface area contributed by atoms with E-state index in [2.05, 4.69) is 48.1 Å². The van der Waals surface area contributed by atoms with Crippen molar-refractivity contribution in [2.45, 2.75) is 45.2 Å². The SMILES string of the molecule is CCC[N+](C)(C)C1([N+](C)(C)CCC)CCc2cccc(O)c21. The monoisotopic (exact) mass is 306 g/mol. The Morgan fingerprint density at radius 2 is 1.55 bits per heavy atom. The third-order valence-corrected chi connectivity index (χ3v) is 5.84. The largest absolute Gasteiger partial charge is 0.507 e. The Morgan fingerprint density at radius 3 is 2.05 bits per heavy atom. The van der Waals surface area contributed by atoms with Crippen molar-refractivity contribution in [3.63, 3.8) is 0 Å². The second kappa shape index (κ2) is 5.86. The molecule has 0 fully saturated rings. The van der Waals surface area contributed by atoms with Crippen molar-refractivity contribution < 1.29 is 14.1 Å². The summed E-state index contributed by atoms with van der Waals surface area (Å²) in [6, 6.07) is 6.06. The van der Waals surface area contributed by atoms with Crippen LogP contribution in [0.2, 0.25) is 0 Å². The minimum absolute atomic E-state index is 0.0628. The molecule has 0 saturated carbocycles. The van der Waals surface area contributed by atoms with Gasteiger partial charge in [0.05, 0.1) is 47.7 Å². The highest BCUT2D eigenvalue weighted by Gasteiger charge is 2.62. The summed E-state index contributed by atoms with van der Waals surface area (Å²) in [4.78, 5) is 0. The average molecular weight is 306 g/mol. The maximum atomic E-state index is 10.7. The van der Waals surface area contributed by atoms with Gasteiger partial charge in [0.1, 0.15) is 11.3 Å². The number of quaternary nitrogens is 2. The highest BCUT2D eigenvalue weighted by atomic mass is 16.3. The smallest absolute Gasteiger partial charge is 0.255 e. The summed E-state index contributed by atoms with van der Waals surface area (Å²) in [6.45, 7) is 6.76. The summed E-state index contributed by atoms with van der Waals surface area (Å²) in [5.74, 6) is 0.486. The quantitative estimate of drug-likeness (QED) is 0.630. The fraction of sp³-hybridized carbons (Fsp3) is 0.684. The minimum Gasteiger partial charge on any atom is -0.507 e. The molecular weight excluding hydrogens is 272 g/mol. The first-order valence-corrected chi connectivity index (χ1v) is 8.71. The first kappa shape index (κ1) is 17.3. The van der Waals surface area contributed by atoms with Crippen LogP contribution in [0.25, 0.3) is 0 Å². The summed E-state index contributed by atoms with van der Waals surface area (Å²) < 4.78 is 1.86. The number of phenols is 1. The molecule has 0 unspecified atom stereocenters. The summed E-state index contributed by atoms with van der Waals surface area (Å²) in [6.07, 6.45) is 4.49. The van der Waals surface area contributed by atoms with Crippen molar-refractivity contribution in [3.8, 4) is 5.75 Å². The topological polar surface area (TPSA) is 20.2 Å². The number of fused-ring (bicyclic) bond motifs is 1. The van der Waals surface area contributed by atoms with E-state index < -0.39 is 0 Å². The van der Waals surface area contributed by atoms with Crippen molar-refractivity contribution in [3.05, 3.63) is 29.3 Å². The van der Waals surface area contributed by atoms with Crippen molar-refractivity contribution >= 4 is 0 Å². The first-order chi connectivity index (χ1) is 10.2. The molecule has 1 aromatic rings. The Morgan fingerprint density at radius 1 is 1.00 bits per heavy atom. The Kier molecular flexibility index (Phi) is 4.61. The minimum atomic E-state index is -0.0628. The normalized spacial score (nSPS) is 17.5. The molecule has 1 N–H and O–H groups in total. The van der Waals surface area contributed by atoms with Gasteiger partial charge < -0.3 is 5.11 Å². The lowest BCUT2D eigenvalue weighted by Gasteiger charge is -2.55. The van der Waals surface area contributed by atoms with Gasteiger partial charge in [-0.05, 0) is 30.9 Å². The van der Waals surface area contributed by atoms with Crippen LogP contribution in [-0.4, -0.2) is 55.4 Å². The molecular formula is C19H34N2O+2. The van der Waals surface area contributed by atoms with E-state index in [0.29, 0.717) is 5.75 Å². The van der Waals surface area contributed by atoms with Gasteiger partial charge in [-0.15, -0.1) is 0 Å². The molecule has 0 amide bonds. The van der Waals surface area contributed by atoms with Crippen LogP contribution < -0.4 is 0 Å². The zero-order valence-corrected chi connectivity index (χ0v) is 15.3. The van der Waals surface area contributed by atoms with E-state index in [9.17, 15) is 5.11 Å². The predicted molar refractivity (Wildman–Crippen MR) is 92.6 cm³/mol. The van der Waals surface area contributed by atoms with Crippen LogP contribution >= 0.6 is 0 Å². The molecule has 3 nitrogen and oxygen atoms in total. The summed E-state index contributed by atoms with van der Waals surface area (Å²) >= 11 is 0. The van der Waals surface area contributed by atoms with Gasteiger partial charge in [-0.1, -0.05) is 26.0 Å². The zero-order valence-electron chi connectivity index (χ0n) is 15.3. The Balaban J connectivity index is 2.71. The van der Waals surface area contributed by atoms with Crippen LogP contribution in [-0.2, 0) is 12.1 Å². The van der Waals surface area contributed by atoms with E-state index >= 15 is 0 Å². The summed E-state index contributed by atoms with van der Waals surface area (Å²) in [5, 5.41) is 10.7. The third kappa shape index (κ3) is 2.35. The van der Waals surface area contributed by atoms with E-state index in [1.165, 1.54) is 11.1 Å². The second-order valence-electron chi connectivity index (χ2n) is 7.95. The molecule has 0 atom stereocenters. The van der Waals surface area contributed by atoms with Crippen molar-refractivity contribution in [2.24, 2.45) is 0 Å². The van der Waals surface area contributed by atoms with Crippen LogP contribution in [0.15, 0.2) is 18.2 Å². The van der Waals surface area contributed by atoms with Gasteiger partial charge in [0, 0.05) is 0 Å².